The Kier molecular flexibility index (Phi) is 2.92. The molecule has 0 bridgehead atoms. The minimum atomic E-state index is 0.201. The Morgan fingerprint density at radius 2 is 2.07 bits per heavy atom. The summed E-state index contributed by atoms with van der Waals surface area (Å²) in [5.74, 6) is 0. The van der Waals surface area contributed by atoms with Crippen molar-refractivity contribution in [3.05, 3.63) is 48.1 Å². The first-order valence-electron chi connectivity index (χ1n) is 5.59. The summed E-state index contributed by atoms with van der Waals surface area (Å²) in [4.78, 5) is 2.34. The van der Waals surface area contributed by atoms with Crippen LogP contribution >= 0.6 is 0 Å². The van der Waals surface area contributed by atoms with Crippen LogP contribution in [0.5, 0.6) is 0 Å². The zero-order valence-electron chi connectivity index (χ0n) is 9.61. The second-order valence-electron chi connectivity index (χ2n) is 4.62. The molecule has 0 aromatic heterocycles. The van der Waals surface area contributed by atoms with E-state index in [4.69, 9.17) is 0 Å². The molecule has 1 nitrogen and oxygen atoms in total. The van der Waals surface area contributed by atoms with E-state index in [0.29, 0.717) is 0 Å². The topological polar surface area (TPSA) is 3.24 Å². The summed E-state index contributed by atoms with van der Waals surface area (Å²) in [7, 11) is 4.35. The lowest BCUT2D eigenvalue weighted by Gasteiger charge is -2.38. The van der Waals surface area contributed by atoms with E-state index in [1.807, 2.05) is 0 Å². The monoisotopic (exact) mass is 201 g/mol. The molecule has 0 aromatic carbocycles. The first kappa shape index (κ1) is 10.4. The van der Waals surface area contributed by atoms with E-state index in [0.717, 1.165) is 19.3 Å². The van der Waals surface area contributed by atoms with Crippen LogP contribution in [0.2, 0.25) is 0 Å². The Morgan fingerprint density at radius 1 is 1.20 bits per heavy atom. The maximum atomic E-state index is 2.34. The largest absolute Gasteiger partial charge is 0.300 e. The van der Waals surface area contributed by atoms with E-state index in [1.54, 1.807) is 5.57 Å². The van der Waals surface area contributed by atoms with Crippen molar-refractivity contribution in [1.29, 1.82) is 0 Å². The van der Waals surface area contributed by atoms with Crippen molar-refractivity contribution in [2.45, 2.75) is 24.8 Å². The molecule has 80 valence electrons. The highest BCUT2D eigenvalue weighted by Crippen LogP contribution is 2.32. The van der Waals surface area contributed by atoms with Gasteiger partial charge in [-0.25, -0.2) is 0 Å². The number of hydrogen-bond acceptors (Lipinski definition) is 1. The number of allylic oxidation sites excluding steroid dienone is 5. The second kappa shape index (κ2) is 4.19. The van der Waals surface area contributed by atoms with E-state index in [2.05, 4.69) is 61.5 Å². The van der Waals surface area contributed by atoms with Gasteiger partial charge in [-0.2, -0.15) is 0 Å². The molecular weight excluding hydrogens is 182 g/mol. The van der Waals surface area contributed by atoms with Crippen LogP contribution in [0.25, 0.3) is 0 Å². The molecule has 1 heteroatoms. The Bertz CT molecular complexity index is 344. The van der Waals surface area contributed by atoms with Gasteiger partial charge in [0.2, 0.25) is 0 Å². The zero-order valence-corrected chi connectivity index (χ0v) is 9.61. The molecule has 0 saturated heterocycles. The maximum Gasteiger partial charge on any atom is 0.0460 e. The highest BCUT2D eigenvalue weighted by Gasteiger charge is 2.30. The molecule has 0 saturated carbocycles. The van der Waals surface area contributed by atoms with Crippen LogP contribution in [0.4, 0.5) is 0 Å². The van der Waals surface area contributed by atoms with Gasteiger partial charge in [0.25, 0.3) is 0 Å². The van der Waals surface area contributed by atoms with E-state index in [-0.39, 0.29) is 5.54 Å². The molecule has 15 heavy (non-hydrogen) atoms. The minimum Gasteiger partial charge on any atom is -0.300 e. The summed E-state index contributed by atoms with van der Waals surface area (Å²) in [6.45, 7) is 0. The lowest BCUT2D eigenvalue weighted by atomic mass is 9.83. The fraction of sp³-hybridized carbons (Fsp3) is 0.429. The summed E-state index contributed by atoms with van der Waals surface area (Å²) in [5, 5.41) is 0. The predicted octanol–water partition coefficient (Wildman–Crippen LogP) is 3.08. The first-order chi connectivity index (χ1) is 7.23. The molecule has 2 rings (SSSR count). The summed E-state index contributed by atoms with van der Waals surface area (Å²) in [5.41, 5.74) is 1.75. The van der Waals surface area contributed by atoms with E-state index in [1.165, 1.54) is 0 Å². The third-order valence-electron chi connectivity index (χ3n) is 3.40. The molecule has 1 atom stereocenters. The van der Waals surface area contributed by atoms with E-state index >= 15 is 0 Å². The highest BCUT2D eigenvalue weighted by molar-refractivity contribution is 5.30. The van der Waals surface area contributed by atoms with Gasteiger partial charge in [-0.15, -0.1) is 0 Å². The van der Waals surface area contributed by atoms with Crippen LogP contribution < -0.4 is 0 Å². The molecule has 0 amide bonds. The van der Waals surface area contributed by atoms with Gasteiger partial charge >= 0.3 is 0 Å². The van der Waals surface area contributed by atoms with E-state index < -0.39 is 0 Å². The van der Waals surface area contributed by atoms with Crippen LogP contribution in [0.15, 0.2) is 48.1 Å². The summed E-state index contributed by atoms with van der Waals surface area (Å²) in [6, 6.07) is 0. The molecule has 0 aliphatic heterocycles. The lowest BCUT2D eigenvalue weighted by molar-refractivity contribution is 0.206. The normalized spacial score (nSPS) is 28.9. The van der Waals surface area contributed by atoms with Gasteiger partial charge in [-0.05, 0) is 33.4 Å². The average molecular weight is 201 g/mol. The van der Waals surface area contributed by atoms with Crippen molar-refractivity contribution < 1.29 is 0 Å². The van der Waals surface area contributed by atoms with Gasteiger partial charge in [0.15, 0.2) is 0 Å². The summed E-state index contributed by atoms with van der Waals surface area (Å²) in [6.07, 6.45) is 19.0. The molecule has 0 fully saturated rings. The molecule has 2 aliphatic carbocycles. The van der Waals surface area contributed by atoms with Crippen molar-refractivity contribution in [2.24, 2.45) is 0 Å². The minimum absolute atomic E-state index is 0.201. The van der Waals surface area contributed by atoms with Crippen LogP contribution in [0.3, 0.4) is 0 Å². The molecule has 0 spiro atoms. The number of hydrogen-bond donors (Lipinski definition) is 0. The SMILES string of the molecule is CN(C)C1(CC2=CC=CC2)C=CC=CC1. The van der Waals surface area contributed by atoms with Gasteiger partial charge < -0.3 is 0 Å². The standard InChI is InChI=1S/C14H19N/c1-15(2)14(10-6-3-7-11-14)12-13-8-4-5-9-13/h3-8,10H,9,11-12H2,1-2H3. The fourth-order valence-electron chi connectivity index (χ4n) is 2.29. The smallest absolute Gasteiger partial charge is 0.0460 e. The fourth-order valence-corrected chi connectivity index (χ4v) is 2.29. The van der Waals surface area contributed by atoms with Gasteiger partial charge in [0.05, 0.1) is 0 Å². The van der Waals surface area contributed by atoms with Crippen molar-refractivity contribution in [1.82, 2.24) is 4.90 Å². The van der Waals surface area contributed by atoms with Crippen LogP contribution in [0, 0.1) is 0 Å². The average Bonchev–Trinajstić information content (AvgIpc) is 2.71. The van der Waals surface area contributed by atoms with Crippen molar-refractivity contribution in [3.8, 4) is 0 Å². The van der Waals surface area contributed by atoms with Gasteiger partial charge in [-0.1, -0.05) is 48.1 Å². The third-order valence-corrected chi connectivity index (χ3v) is 3.40. The summed E-state index contributed by atoms with van der Waals surface area (Å²) >= 11 is 0. The molecule has 0 aromatic rings. The van der Waals surface area contributed by atoms with Gasteiger partial charge in [0.1, 0.15) is 0 Å². The quantitative estimate of drug-likeness (QED) is 0.678. The van der Waals surface area contributed by atoms with Crippen LogP contribution in [0.1, 0.15) is 19.3 Å². The van der Waals surface area contributed by atoms with Crippen molar-refractivity contribution >= 4 is 0 Å². The first-order valence-corrected chi connectivity index (χ1v) is 5.59. The number of likely N-dealkylation sites (N-methyl/N-ethyl adjacent to an activating group) is 1. The van der Waals surface area contributed by atoms with Gasteiger partial charge in [0, 0.05) is 5.54 Å². The van der Waals surface area contributed by atoms with Crippen LogP contribution in [-0.4, -0.2) is 24.5 Å². The molecule has 0 radical (unpaired) electrons. The molecule has 1 unspecified atom stereocenters. The zero-order chi connectivity index (χ0) is 10.7. The second-order valence-corrected chi connectivity index (χ2v) is 4.62. The highest BCUT2D eigenvalue weighted by atomic mass is 15.1. The predicted molar refractivity (Wildman–Crippen MR) is 65.8 cm³/mol. The molecular formula is C14H19N. The maximum absolute atomic E-state index is 2.34. The van der Waals surface area contributed by atoms with Crippen LogP contribution in [-0.2, 0) is 0 Å². The van der Waals surface area contributed by atoms with Crippen molar-refractivity contribution in [2.75, 3.05) is 14.1 Å². The Labute approximate surface area is 92.5 Å². The number of nitrogens with zero attached hydrogens (tertiary/aromatic N) is 1. The Morgan fingerprint density at radius 3 is 2.60 bits per heavy atom. The molecule has 2 aliphatic rings. The van der Waals surface area contributed by atoms with E-state index in [9.17, 15) is 0 Å². The lowest BCUT2D eigenvalue weighted by Crippen LogP contribution is -2.43. The summed E-state index contributed by atoms with van der Waals surface area (Å²) < 4.78 is 0. The third kappa shape index (κ3) is 2.13. The molecule has 0 heterocycles. The van der Waals surface area contributed by atoms with Gasteiger partial charge in [-0.3, -0.25) is 4.90 Å². The Hall–Kier alpha value is -1.08. The number of rotatable bonds is 3. The molecule has 0 N–H and O–H groups in total. The van der Waals surface area contributed by atoms with Crippen molar-refractivity contribution in [3.63, 3.8) is 0 Å². The Balaban J connectivity index is 2.13.